The maximum Gasteiger partial charge on any atom is 0.245 e. The third kappa shape index (κ3) is 4.14. The highest BCUT2D eigenvalue weighted by molar-refractivity contribution is 6.04. The highest BCUT2D eigenvalue weighted by Gasteiger charge is 2.31. The first-order valence-electron chi connectivity index (χ1n) is 8.35. The Kier molecular flexibility index (Phi) is 5.97. The smallest absolute Gasteiger partial charge is 0.245 e. The van der Waals surface area contributed by atoms with E-state index in [0.717, 1.165) is 30.6 Å². The fourth-order valence-corrected chi connectivity index (χ4v) is 3.24. The molecule has 0 bridgehead atoms. The number of nitrogens with zero attached hydrogens (tertiary/aromatic N) is 1. The molecule has 0 spiro atoms. The number of carbonyl (C=O) groups excluding carboxylic acids is 2. The Bertz CT molecular complexity index is 661. The van der Waals surface area contributed by atoms with E-state index in [1.165, 1.54) is 5.56 Å². The van der Waals surface area contributed by atoms with E-state index >= 15 is 0 Å². The van der Waals surface area contributed by atoms with Crippen molar-refractivity contribution in [2.75, 3.05) is 7.11 Å². The molecule has 5 heteroatoms. The molecular formula is C19H24N2O3. The molecule has 1 aliphatic rings. The van der Waals surface area contributed by atoms with Gasteiger partial charge in [0.05, 0.1) is 13.2 Å². The molecule has 1 aliphatic carbocycles. The summed E-state index contributed by atoms with van der Waals surface area (Å²) in [6, 6.07) is 7.68. The molecule has 2 atom stereocenters. The lowest BCUT2D eigenvalue weighted by molar-refractivity contribution is -0.132. The van der Waals surface area contributed by atoms with Crippen LogP contribution in [0.4, 0.5) is 0 Å². The predicted octanol–water partition coefficient (Wildman–Crippen LogP) is 2.74. The zero-order valence-electron chi connectivity index (χ0n) is 14.5. The summed E-state index contributed by atoms with van der Waals surface area (Å²) < 4.78 is 5.26. The van der Waals surface area contributed by atoms with Crippen molar-refractivity contribution in [1.82, 2.24) is 5.32 Å². The summed E-state index contributed by atoms with van der Waals surface area (Å²) in [4.78, 5) is 24.5. The van der Waals surface area contributed by atoms with Gasteiger partial charge in [-0.1, -0.05) is 6.07 Å². The van der Waals surface area contributed by atoms with Crippen molar-refractivity contribution in [1.29, 1.82) is 5.26 Å². The van der Waals surface area contributed by atoms with E-state index in [1.807, 2.05) is 38.1 Å². The normalized spacial score (nSPS) is 17.5. The maximum atomic E-state index is 12.5. The topological polar surface area (TPSA) is 79.2 Å². The van der Waals surface area contributed by atoms with Crippen molar-refractivity contribution in [3.8, 4) is 11.8 Å². The number of hydrogen-bond acceptors (Lipinski definition) is 4. The number of ether oxygens (including phenoxy) is 1. The molecule has 0 radical (unpaired) electrons. The zero-order valence-corrected chi connectivity index (χ0v) is 14.5. The van der Waals surface area contributed by atoms with E-state index in [4.69, 9.17) is 4.74 Å². The van der Waals surface area contributed by atoms with Crippen molar-refractivity contribution in [3.63, 3.8) is 0 Å². The van der Waals surface area contributed by atoms with Crippen LogP contribution >= 0.6 is 0 Å². The average Bonchev–Trinajstić information content (AvgIpc) is 2.54. The third-order valence-corrected chi connectivity index (χ3v) is 4.38. The van der Waals surface area contributed by atoms with Crippen LogP contribution < -0.4 is 10.1 Å². The molecule has 1 amide bonds. The number of hydrogen-bond donors (Lipinski definition) is 1. The van der Waals surface area contributed by atoms with Gasteiger partial charge >= 0.3 is 0 Å². The molecule has 1 aromatic rings. The first-order chi connectivity index (χ1) is 11.5. The van der Waals surface area contributed by atoms with E-state index in [2.05, 4.69) is 5.32 Å². The van der Waals surface area contributed by atoms with Gasteiger partial charge in [-0.2, -0.15) is 5.26 Å². The highest BCUT2D eigenvalue weighted by Crippen LogP contribution is 2.36. The van der Waals surface area contributed by atoms with Gasteiger partial charge in [-0.25, -0.2) is 0 Å². The van der Waals surface area contributed by atoms with Crippen LogP contribution in [0.5, 0.6) is 5.75 Å². The fourth-order valence-electron chi connectivity index (χ4n) is 3.24. The van der Waals surface area contributed by atoms with Crippen LogP contribution in [0.1, 0.15) is 50.2 Å². The Balaban J connectivity index is 2.13. The standard InChI is InChI=1S/C19H24N2O3/c1-12(2)21-19(23)17(11-20)18(22)10-14-6-4-5-13-9-15(24-3)7-8-16(13)14/h7-9,12,14,17H,4-6,10H2,1-3H3,(H,21,23)/t14-,17+/m1/s1. The number of fused-ring (bicyclic) bond motifs is 1. The van der Waals surface area contributed by atoms with Crippen LogP contribution in [0.3, 0.4) is 0 Å². The summed E-state index contributed by atoms with van der Waals surface area (Å²) in [5.74, 6) is -1.15. The molecule has 0 heterocycles. The molecule has 1 N–H and O–H groups in total. The number of amides is 1. The van der Waals surface area contributed by atoms with Crippen molar-refractivity contribution >= 4 is 11.7 Å². The number of Topliss-reactive ketones (excluding diaryl/α,β-unsaturated/α-hetero) is 1. The quantitative estimate of drug-likeness (QED) is 0.814. The molecule has 5 nitrogen and oxygen atoms in total. The number of aryl methyl sites for hydroxylation is 1. The Morgan fingerprint density at radius 1 is 1.42 bits per heavy atom. The number of carbonyl (C=O) groups is 2. The summed E-state index contributed by atoms with van der Waals surface area (Å²) in [6.07, 6.45) is 3.08. The number of nitrogens with one attached hydrogen (secondary N) is 1. The van der Waals surface area contributed by atoms with Gasteiger partial charge in [0.25, 0.3) is 0 Å². The van der Waals surface area contributed by atoms with Gasteiger partial charge in [0, 0.05) is 12.5 Å². The molecule has 0 aromatic heterocycles. The predicted molar refractivity (Wildman–Crippen MR) is 90.7 cm³/mol. The van der Waals surface area contributed by atoms with Crippen molar-refractivity contribution in [2.24, 2.45) is 5.92 Å². The molecule has 0 fully saturated rings. The Morgan fingerprint density at radius 3 is 2.79 bits per heavy atom. The largest absolute Gasteiger partial charge is 0.497 e. The minimum absolute atomic E-state index is 0.0647. The lowest BCUT2D eigenvalue weighted by Crippen LogP contribution is -2.38. The number of nitriles is 1. The SMILES string of the molecule is COc1ccc2c(c1)CCC[C@@H]2CC(=O)[C@H](C#N)C(=O)NC(C)C. The van der Waals surface area contributed by atoms with Gasteiger partial charge in [-0.05, 0) is 62.3 Å². The molecule has 1 aromatic carbocycles. The third-order valence-electron chi connectivity index (χ3n) is 4.38. The Labute approximate surface area is 143 Å². The van der Waals surface area contributed by atoms with Crippen molar-refractivity contribution < 1.29 is 14.3 Å². The zero-order chi connectivity index (χ0) is 17.7. The van der Waals surface area contributed by atoms with Gasteiger partial charge in [-0.3, -0.25) is 9.59 Å². The summed E-state index contributed by atoms with van der Waals surface area (Å²) in [7, 11) is 1.64. The van der Waals surface area contributed by atoms with Crippen LogP contribution in [0.25, 0.3) is 0 Å². The second kappa shape index (κ2) is 7.96. The van der Waals surface area contributed by atoms with Crippen molar-refractivity contribution in [2.45, 2.75) is 51.5 Å². The fraction of sp³-hybridized carbons (Fsp3) is 0.526. The second-order valence-electron chi connectivity index (χ2n) is 6.55. The lowest BCUT2D eigenvalue weighted by Gasteiger charge is -2.26. The summed E-state index contributed by atoms with van der Waals surface area (Å²) >= 11 is 0. The number of rotatable bonds is 6. The van der Waals surface area contributed by atoms with Gasteiger partial charge in [-0.15, -0.1) is 0 Å². The van der Waals surface area contributed by atoms with Crippen LogP contribution in [0.15, 0.2) is 18.2 Å². The highest BCUT2D eigenvalue weighted by atomic mass is 16.5. The van der Waals surface area contributed by atoms with Crippen LogP contribution in [0.2, 0.25) is 0 Å². The molecule has 24 heavy (non-hydrogen) atoms. The van der Waals surface area contributed by atoms with Crippen LogP contribution in [-0.4, -0.2) is 24.8 Å². The van der Waals surface area contributed by atoms with Crippen molar-refractivity contribution in [3.05, 3.63) is 29.3 Å². The maximum absolute atomic E-state index is 12.5. The van der Waals surface area contributed by atoms with Gasteiger partial charge in [0.1, 0.15) is 5.75 Å². The second-order valence-corrected chi connectivity index (χ2v) is 6.55. The number of methoxy groups -OCH3 is 1. The first kappa shape index (κ1) is 18.0. The summed E-state index contributed by atoms with van der Waals surface area (Å²) in [6.45, 7) is 3.61. The van der Waals surface area contributed by atoms with E-state index in [0.29, 0.717) is 0 Å². The van der Waals surface area contributed by atoms with Gasteiger partial charge in [0.15, 0.2) is 11.7 Å². The Hall–Kier alpha value is -2.35. The van der Waals surface area contributed by atoms with Crippen LogP contribution in [-0.2, 0) is 16.0 Å². The van der Waals surface area contributed by atoms with E-state index in [1.54, 1.807) is 7.11 Å². The Morgan fingerprint density at radius 2 is 2.17 bits per heavy atom. The van der Waals surface area contributed by atoms with E-state index in [-0.39, 0.29) is 24.2 Å². The lowest BCUT2D eigenvalue weighted by atomic mass is 9.79. The summed E-state index contributed by atoms with van der Waals surface area (Å²) in [5, 5.41) is 11.9. The molecular weight excluding hydrogens is 304 g/mol. The average molecular weight is 328 g/mol. The number of ketones is 1. The molecule has 0 saturated heterocycles. The van der Waals surface area contributed by atoms with Crippen LogP contribution in [0, 0.1) is 17.2 Å². The summed E-state index contributed by atoms with van der Waals surface area (Å²) in [5.41, 5.74) is 2.33. The van der Waals surface area contributed by atoms with Gasteiger partial charge < -0.3 is 10.1 Å². The number of benzene rings is 1. The minimum Gasteiger partial charge on any atom is -0.497 e. The molecule has 0 aliphatic heterocycles. The van der Waals surface area contributed by atoms with Gasteiger partial charge in [0.2, 0.25) is 5.91 Å². The first-order valence-corrected chi connectivity index (χ1v) is 8.35. The van der Waals surface area contributed by atoms with E-state index in [9.17, 15) is 14.9 Å². The monoisotopic (exact) mass is 328 g/mol. The molecule has 0 unspecified atom stereocenters. The minimum atomic E-state index is -1.23. The molecule has 128 valence electrons. The molecule has 0 saturated carbocycles. The van der Waals surface area contributed by atoms with E-state index < -0.39 is 11.8 Å². The molecule has 2 rings (SSSR count).